The van der Waals surface area contributed by atoms with Crippen LogP contribution in [0, 0.1) is 24.4 Å². The number of anilines is 3. The predicted octanol–water partition coefficient (Wildman–Crippen LogP) is 2.93. The second-order valence-electron chi connectivity index (χ2n) is 7.97. The van der Waals surface area contributed by atoms with E-state index in [-0.39, 0.29) is 24.9 Å². The first-order valence-corrected chi connectivity index (χ1v) is 11.1. The molecule has 0 aromatic heterocycles. The van der Waals surface area contributed by atoms with Gasteiger partial charge in [0.25, 0.3) is 0 Å². The van der Waals surface area contributed by atoms with Crippen molar-refractivity contribution in [1.82, 2.24) is 0 Å². The van der Waals surface area contributed by atoms with Gasteiger partial charge in [-0.25, -0.2) is 21.6 Å². The van der Waals surface area contributed by atoms with Gasteiger partial charge in [0.15, 0.2) is 11.6 Å². The van der Waals surface area contributed by atoms with Crippen LogP contribution in [0.1, 0.15) is 24.8 Å². The molecule has 1 spiro atoms. The van der Waals surface area contributed by atoms with Gasteiger partial charge in [-0.2, -0.15) is 0 Å². The number of sulfonamides is 1. The molecule has 2 unspecified atom stereocenters. The van der Waals surface area contributed by atoms with Gasteiger partial charge in [-0.1, -0.05) is 6.07 Å². The van der Waals surface area contributed by atoms with Crippen molar-refractivity contribution in [2.45, 2.75) is 43.1 Å². The van der Waals surface area contributed by atoms with Gasteiger partial charge < -0.3 is 20.3 Å². The van der Waals surface area contributed by atoms with E-state index in [1.54, 1.807) is 13.0 Å². The number of aryl methyl sites for hydroxylation is 1. The molecule has 11 heteroatoms. The zero-order valence-electron chi connectivity index (χ0n) is 16.5. The largest absolute Gasteiger partial charge is 0.488 e. The first-order chi connectivity index (χ1) is 14.5. The Hall–Kier alpha value is -2.50. The van der Waals surface area contributed by atoms with Gasteiger partial charge in [-0.15, -0.1) is 0 Å². The fourth-order valence-corrected chi connectivity index (χ4v) is 5.28. The maximum Gasteiger partial charge on any atom is 0.238 e. The number of aliphatic hydroxyl groups excluding tert-OH is 2. The van der Waals surface area contributed by atoms with Crippen molar-refractivity contribution < 1.29 is 36.5 Å². The maximum atomic E-state index is 14.8. The number of benzene rings is 2. The van der Waals surface area contributed by atoms with Crippen molar-refractivity contribution in [2.24, 2.45) is 0 Å². The van der Waals surface area contributed by atoms with Gasteiger partial charge in [-0.05, 0) is 43.9 Å². The van der Waals surface area contributed by atoms with Crippen LogP contribution in [0.5, 0.6) is 5.75 Å². The zero-order valence-corrected chi connectivity index (χ0v) is 17.3. The van der Waals surface area contributed by atoms with Crippen LogP contribution < -0.4 is 14.8 Å². The molecule has 2 atom stereocenters. The Balaban J connectivity index is 1.86. The molecule has 0 saturated heterocycles. The van der Waals surface area contributed by atoms with Crippen LogP contribution in [0.25, 0.3) is 0 Å². The first-order valence-electron chi connectivity index (χ1n) is 9.59. The summed E-state index contributed by atoms with van der Waals surface area (Å²) in [6.07, 6.45) is -2.63. The maximum absolute atomic E-state index is 14.8. The number of halogens is 3. The number of nitrogens with one attached hydrogen (secondary N) is 2. The Morgan fingerprint density at radius 1 is 1.13 bits per heavy atom. The van der Waals surface area contributed by atoms with E-state index in [1.165, 1.54) is 12.1 Å². The summed E-state index contributed by atoms with van der Waals surface area (Å²) in [6, 6.07) is 4.65. The van der Waals surface area contributed by atoms with E-state index in [9.17, 15) is 31.8 Å². The van der Waals surface area contributed by atoms with E-state index >= 15 is 0 Å². The third-order valence-corrected chi connectivity index (χ3v) is 7.80. The summed E-state index contributed by atoms with van der Waals surface area (Å²) in [5, 5.41) is 22.7. The summed E-state index contributed by atoms with van der Waals surface area (Å²) in [5.41, 5.74) is -0.718. The van der Waals surface area contributed by atoms with Gasteiger partial charge in [0.1, 0.15) is 35.7 Å². The van der Waals surface area contributed by atoms with Crippen LogP contribution in [0.2, 0.25) is 0 Å². The summed E-state index contributed by atoms with van der Waals surface area (Å²) in [4.78, 5) is 0. The number of hydrogen-bond acceptors (Lipinski definition) is 6. The molecule has 4 rings (SSSR count). The molecule has 1 fully saturated rings. The van der Waals surface area contributed by atoms with Gasteiger partial charge in [0.2, 0.25) is 10.0 Å². The van der Waals surface area contributed by atoms with E-state index in [4.69, 9.17) is 4.74 Å². The highest BCUT2D eigenvalue weighted by atomic mass is 32.2. The summed E-state index contributed by atoms with van der Waals surface area (Å²) in [5.74, 6) is -3.98. The minimum absolute atomic E-state index is 0.204. The molecule has 1 aliphatic carbocycles. The molecule has 1 saturated carbocycles. The predicted molar refractivity (Wildman–Crippen MR) is 107 cm³/mol. The number of aliphatic hydroxyl groups is 2. The molecule has 0 amide bonds. The Morgan fingerprint density at radius 3 is 2.48 bits per heavy atom. The third-order valence-electron chi connectivity index (χ3n) is 5.62. The molecule has 1 aliphatic heterocycles. The van der Waals surface area contributed by atoms with E-state index in [0.717, 1.165) is 0 Å². The molecule has 31 heavy (non-hydrogen) atoms. The molecule has 2 aromatic rings. The molecule has 0 radical (unpaired) electrons. The van der Waals surface area contributed by atoms with Gasteiger partial charge in [-0.3, -0.25) is 4.72 Å². The van der Waals surface area contributed by atoms with Crippen LogP contribution >= 0.6 is 0 Å². The smallest absolute Gasteiger partial charge is 0.238 e. The summed E-state index contributed by atoms with van der Waals surface area (Å²) >= 11 is 0. The number of hydrogen-bond donors (Lipinski definition) is 4. The van der Waals surface area contributed by atoms with Gasteiger partial charge in [0.05, 0.1) is 16.5 Å². The SMILES string of the molecule is Cc1ccc(Nc2c(F)c(F)cc3c2NS(=O)(=O)C2(CC2)CC(O)C(O)CO3)c(F)c1. The molecular formula is C20H21F3N2O5S. The standard InChI is InChI=1S/C20H21F3N2O5S/c1-10-2-3-13(11(21)6-10)24-19-17(23)12(22)7-16-18(19)25-31(28,29)20(4-5-20)8-14(26)15(27)9-30-16/h2-3,6-7,14-15,24-27H,4-5,8-9H2,1H3. The Morgan fingerprint density at radius 2 is 1.84 bits per heavy atom. The Bertz CT molecular complexity index is 1140. The normalized spacial score (nSPS) is 23.9. The molecule has 1 heterocycles. The lowest BCUT2D eigenvalue weighted by molar-refractivity contribution is -0.0129. The first kappa shape index (κ1) is 21.7. The third kappa shape index (κ3) is 3.92. The molecule has 2 aromatic carbocycles. The average Bonchev–Trinajstić information content (AvgIpc) is 3.48. The molecule has 4 N–H and O–H groups in total. The van der Waals surface area contributed by atoms with Crippen molar-refractivity contribution in [3.8, 4) is 5.75 Å². The van der Waals surface area contributed by atoms with Crippen molar-refractivity contribution >= 4 is 27.1 Å². The van der Waals surface area contributed by atoms with Crippen LogP contribution in [0.15, 0.2) is 24.3 Å². The van der Waals surface area contributed by atoms with E-state index in [1.807, 2.05) is 0 Å². The second kappa shape index (κ2) is 7.57. The number of ether oxygens (including phenoxy) is 1. The van der Waals surface area contributed by atoms with Gasteiger partial charge >= 0.3 is 0 Å². The summed E-state index contributed by atoms with van der Waals surface area (Å²) in [7, 11) is -4.20. The van der Waals surface area contributed by atoms with Crippen molar-refractivity contribution in [3.05, 3.63) is 47.3 Å². The van der Waals surface area contributed by atoms with Gasteiger partial charge in [0, 0.05) is 6.07 Å². The lowest BCUT2D eigenvalue weighted by atomic mass is 10.1. The molecule has 2 aliphatic rings. The van der Waals surface area contributed by atoms with Crippen LogP contribution in [-0.2, 0) is 10.0 Å². The minimum Gasteiger partial charge on any atom is -0.488 e. The molecular weight excluding hydrogens is 437 g/mol. The highest BCUT2D eigenvalue weighted by Crippen LogP contribution is 2.50. The fourth-order valence-electron chi connectivity index (χ4n) is 3.56. The lowest BCUT2D eigenvalue weighted by Gasteiger charge is -2.28. The quantitative estimate of drug-likeness (QED) is 0.551. The van der Waals surface area contributed by atoms with Crippen molar-refractivity contribution in [3.63, 3.8) is 0 Å². The lowest BCUT2D eigenvalue weighted by Crippen LogP contribution is -2.41. The monoisotopic (exact) mass is 458 g/mol. The Labute approximate surface area is 176 Å². The molecule has 168 valence electrons. The van der Waals surface area contributed by atoms with Crippen molar-refractivity contribution in [2.75, 3.05) is 16.6 Å². The van der Waals surface area contributed by atoms with Crippen LogP contribution in [-0.4, -0.2) is 42.2 Å². The Kier molecular flexibility index (Phi) is 5.31. The zero-order chi connectivity index (χ0) is 22.6. The second-order valence-corrected chi connectivity index (χ2v) is 10.0. The van der Waals surface area contributed by atoms with Crippen LogP contribution in [0.4, 0.5) is 30.2 Å². The van der Waals surface area contributed by atoms with Crippen molar-refractivity contribution in [1.29, 1.82) is 0 Å². The highest BCUT2D eigenvalue weighted by Gasteiger charge is 2.56. The fraction of sp³-hybridized carbons (Fsp3) is 0.400. The molecule has 0 bridgehead atoms. The van der Waals surface area contributed by atoms with E-state index in [0.29, 0.717) is 11.6 Å². The number of fused-ring (bicyclic) bond motifs is 1. The average molecular weight is 458 g/mol. The summed E-state index contributed by atoms with van der Waals surface area (Å²) < 4.78 is 75.7. The summed E-state index contributed by atoms with van der Waals surface area (Å²) in [6.45, 7) is 1.16. The highest BCUT2D eigenvalue weighted by molar-refractivity contribution is 7.94. The van der Waals surface area contributed by atoms with Crippen LogP contribution in [0.3, 0.4) is 0 Å². The topological polar surface area (TPSA) is 108 Å². The minimum atomic E-state index is -4.20. The molecule has 7 nitrogen and oxygen atoms in total. The number of rotatable bonds is 2. The van der Waals surface area contributed by atoms with E-state index < -0.39 is 68.2 Å². The van der Waals surface area contributed by atoms with E-state index in [2.05, 4.69) is 10.0 Å².